The fourth-order valence-corrected chi connectivity index (χ4v) is 4.03. The maximum Gasteiger partial charge on any atom is 0.300 e. The van der Waals surface area contributed by atoms with Gasteiger partial charge in [-0.05, 0) is 76.4 Å². The molecule has 1 aliphatic rings. The largest absolute Gasteiger partial charge is 0.490 e. The zero-order valence-electron chi connectivity index (χ0n) is 20.7. The summed E-state index contributed by atoms with van der Waals surface area (Å²) in [7, 11) is 0. The van der Waals surface area contributed by atoms with E-state index in [1.807, 2.05) is 6.92 Å². The van der Waals surface area contributed by atoms with Gasteiger partial charge in [-0.2, -0.15) is 8.78 Å². The van der Waals surface area contributed by atoms with Crippen LogP contribution >= 0.6 is 11.6 Å². The van der Waals surface area contributed by atoms with E-state index in [4.69, 9.17) is 26.8 Å². The maximum atomic E-state index is 14.8. The molecule has 1 fully saturated rings. The summed E-state index contributed by atoms with van der Waals surface area (Å²) < 4.78 is 41.2. The van der Waals surface area contributed by atoms with Crippen molar-refractivity contribution in [2.24, 2.45) is 0 Å². The number of nitrogens with two attached hydrogens (primary N) is 1. The number of anilines is 2. The van der Waals surface area contributed by atoms with Gasteiger partial charge < -0.3 is 25.6 Å². The summed E-state index contributed by atoms with van der Waals surface area (Å²) >= 11 is 6.43. The zero-order chi connectivity index (χ0) is 26.3. The molecule has 0 spiro atoms. The predicted molar refractivity (Wildman–Crippen MR) is 137 cm³/mol. The number of halogens is 3. The van der Waals surface area contributed by atoms with Crippen LogP contribution in [0.25, 0.3) is 10.9 Å². The zero-order valence-corrected chi connectivity index (χ0v) is 21.5. The lowest BCUT2D eigenvalue weighted by molar-refractivity contribution is -0.168. The standard InChI is InChI=1S/C26H31ClF2N4O3/c1-14(16-9-17(11-18(30)10-16)26(28,29)25(3,4)34)31-24-20-12-23(36-8-7-35-19-5-6-19)21(27)13-22(20)32-15(2)33-24/h9-14,19,34H,5-8,30H2,1-4H3,(H,31,32,33)/t14-/m1/s1. The van der Waals surface area contributed by atoms with Crippen LogP contribution in [0.4, 0.5) is 20.3 Å². The van der Waals surface area contributed by atoms with Crippen molar-refractivity contribution in [2.75, 3.05) is 24.3 Å². The van der Waals surface area contributed by atoms with Gasteiger partial charge in [-0.25, -0.2) is 9.97 Å². The molecule has 1 heterocycles. The minimum Gasteiger partial charge on any atom is -0.490 e. The number of fused-ring (bicyclic) bond motifs is 1. The average Bonchev–Trinajstić information content (AvgIpc) is 3.60. The first-order chi connectivity index (χ1) is 16.8. The van der Waals surface area contributed by atoms with Gasteiger partial charge in [-0.15, -0.1) is 0 Å². The molecule has 36 heavy (non-hydrogen) atoms. The van der Waals surface area contributed by atoms with E-state index in [2.05, 4.69) is 15.3 Å². The van der Waals surface area contributed by atoms with Crippen LogP contribution in [0.3, 0.4) is 0 Å². The second-order valence-electron chi connectivity index (χ2n) is 9.73. The summed E-state index contributed by atoms with van der Waals surface area (Å²) in [6.07, 6.45) is 2.51. The van der Waals surface area contributed by atoms with Crippen molar-refractivity contribution in [1.29, 1.82) is 0 Å². The van der Waals surface area contributed by atoms with E-state index in [9.17, 15) is 13.9 Å². The molecular weight excluding hydrogens is 490 g/mol. The highest BCUT2D eigenvalue weighted by Gasteiger charge is 2.47. The van der Waals surface area contributed by atoms with Gasteiger partial charge >= 0.3 is 5.92 Å². The van der Waals surface area contributed by atoms with Crippen LogP contribution in [-0.4, -0.2) is 40.0 Å². The van der Waals surface area contributed by atoms with Crippen molar-refractivity contribution in [3.05, 3.63) is 52.3 Å². The van der Waals surface area contributed by atoms with Gasteiger partial charge in [0.05, 0.1) is 29.3 Å². The number of hydrogen-bond donors (Lipinski definition) is 3. The Balaban J connectivity index is 1.62. The smallest absolute Gasteiger partial charge is 0.300 e. The fourth-order valence-electron chi connectivity index (χ4n) is 3.82. The molecule has 7 nitrogen and oxygen atoms in total. The highest BCUT2D eigenvalue weighted by molar-refractivity contribution is 6.32. The number of nitrogens with one attached hydrogen (secondary N) is 1. The van der Waals surface area contributed by atoms with Gasteiger partial charge in [0, 0.05) is 16.6 Å². The second kappa shape index (κ2) is 9.95. The first kappa shape index (κ1) is 26.3. The first-order valence-electron chi connectivity index (χ1n) is 11.8. The number of nitrogen functional groups attached to an aromatic ring is 1. The van der Waals surface area contributed by atoms with E-state index >= 15 is 0 Å². The summed E-state index contributed by atoms with van der Waals surface area (Å²) in [5, 5.41) is 14.4. The number of alkyl halides is 2. The van der Waals surface area contributed by atoms with Gasteiger partial charge in [-0.3, -0.25) is 0 Å². The fraction of sp³-hybridized carbons (Fsp3) is 0.462. The second-order valence-corrected chi connectivity index (χ2v) is 10.1. The molecule has 0 amide bonds. The van der Waals surface area contributed by atoms with Crippen molar-refractivity contribution < 1.29 is 23.4 Å². The van der Waals surface area contributed by atoms with Gasteiger partial charge in [-0.1, -0.05) is 11.6 Å². The van der Waals surface area contributed by atoms with Crippen LogP contribution in [0, 0.1) is 6.92 Å². The molecule has 0 unspecified atom stereocenters. The van der Waals surface area contributed by atoms with Gasteiger partial charge in [0.25, 0.3) is 0 Å². The van der Waals surface area contributed by atoms with Crippen molar-refractivity contribution in [3.8, 4) is 5.75 Å². The van der Waals surface area contributed by atoms with E-state index < -0.39 is 17.6 Å². The SMILES string of the molecule is Cc1nc(N[C@H](C)c2cc(N)cc(C(F)(F)C(C)(C)O)c2)c2cc(OCCOC3CC3)c(Cl)cc2n1. The molecule has 3 aromatic rings. The number of ether oxygens (including phenoxy) is 2. The number of aryl methyl sites for hydroxylation is 1. The normalized spacial score (nSPS) is 15.2. The van der Waals surface area contributed by atoms with Crippen molar-refractivity contribution >= 4 is 34.0 Å². The van der Waals surface area contributed by atoms with Crippen LogP contribution in [0.15, 0.2) is 30.3 Å². The Morgan fingerprint density at radius 3 is 2.56 bits per heavy atom. The Hall–Kier alpha value is -2.75. The summed E-state index contributed by atoms with van der Waals surface area (Å²) in [5.41, 5.74) is 4.63. The van der Waals surface area contributed by atoms with Crippen LogP contribution in [0.5, 0.6) is 5.75 Å². The Morgan fingerprint density at radius 1 is 1.17 bits per heavy atom. The topological polar surface area (TPSA) is 103 Å². The van der Waals surface area contributed by atoms with Gasteiger partial charge in [0.2, 0.25) is 0 Å². The molecule has 4 N–H and O–H groups in total. The minimum atomic E-state index is -3.50. The third-order valence-electron chi connectivity index (χ3n) is 6.04. The Labute approximate surface area is 214 Å². The van der Waals surface area contributed by atoms with Crippen molar-refractivity contribution in [3.63, 3.8) is 0 Å². The minimum absolute atomic E-state index is 0.166. The number of hydrogen-bond acceptors (Lipinski definition) is 7. The molecule has 1 atom stereocenters. The van der Waals surface area contributed by atoms with Gasteiger partial charge in [0.1, 0.15) is 29.6 Å². The summed E-state index contributed by atoms with van der Waals surface area (Å²) in [6, 6.07) is 7.15. The molecule has 4 rings (SSSR count). The molecule has 194 valence electrons. The average molecular weight is 521 g/mol. The predicted octanol–water partition coefficient (Wildman–Crippen LogP) is 5.77. The monoisotopic (exact) mass is 520 g/mol. The van der Waals surface area contributed by atoms with Gasteiger partial charge in [0.15, 0.2) is 0 Å². The van der Waals surface area contributed by atoms with Crippen molar-refractivity contribution in [2.45, 2.75) is 64.2 Å². The number of aliphatic hydroxyl groups is 1. The number of benzene rings is 2. The van der Waals surface area contributed by atoms with Crippen LogP contribution < -0.4 is 15.8 Å². The van der Waals surface area contributed by atoms with E-state index in [-0.39, 0.29) is 11.3 Å². The number of aromatic nitrogens is 2. The highest BCUT2D eigenvalue weighted by atomic mass is 35.5. The Kier molecular flexibility index (Phi) is 7.28. The Morgan fingerprint density at radius 2 is 1.89 bits per heavy atom. The molecular formula is C26H31ClF2N4O3. The van der Waals surface area contributed by atoms with E-state index in [0.29, 0.717) is 58.2 Å². The quantitative estimate of drug-likeness (QED) is 0.230. The lowest BCUT2D eigenvalue weighted by Gasteiger charge is -2.30. The molecule has 0 radical (unpaired) electrons. The third-order valence-corrected chi connectivity index (χ3v) is 6.34. The summed E-state index contributed by atoms with van der Waals surface area (Å²) in [5.74, 6) is -2.01. The number of nitrogens with zero attached hydrogens (tertiary/aromatic N) is 2. The molecule has 1 aromatic heterocycles. The van der Waals surface area contributed by atoms with E-state index in [1.54, 1.807) is 25.1 Å². The van der Waals surface area contributed by atoms with Crippen LogP contribution in [0.1, 0.15) is 56.6 Å². The Bertz CT molecular complexity index is 1260. The molecule has 1 aliphatic carbocycles. The highest BCUT2D eigenvalue weighted by Crippen LogP contribution is 2.41. The molecule has 2 aromatic carbocycles. The lowest BCUT2D eigenvalue weighted by atomic mass is 9.91. The molecule has 0 saturated heterocycles. The third kappa shape index (κ3) is 5.79. The van der Waals surface area contributed by atoms with E-state index in [1.165, 1.54) is 12.1 Å². The van der Waals surface area contributed by atoms with Crippen LogP contribution in [-0.2, 0) is 10.7 Å². The van der Waals surface area contributed by atoms with Crippen molar-refractivity contribution in [1.82, 2.24) is 9.97 Å². The first-order valence-corrected chi connectivity index (χ1v) is 12.2. The van der Waals surface area contributed by atoms with E-state index in [0.717, 1.165) is 26.7 Å². The molecule has 0 aliphatic heterocycles. The molecule has 1 saturated carbocycles. The summed E-state index contributed by atoms with van der Waals surface area (Å²) in [4.78, 5) is 9.00. The number of rotatable bonds is 10. The molecule has 10 heteroatoms. The van der Waals surface area contributed by atoms with Crippen LogP contribution in [0.2, 0.25) is 5.02 Å². The maximum absolute atomic E-state index is 14.8. The molecule has 0 bridgehead atoms. The lowest BCUT2D eigenvalue weighted by Crippen LogP contribution is -2.40. The summed E-state index contributed by atoms with van der Waals surface area (Å²) in [6.45, 7) is 6.53.